The van der Waals surface area contributed by atoms with E-state index in [0.717, 1.165) is 31.6 Å². The average Bonchev–Trinajstić information content (AvgIpc) is 2.32. The van der Waals surface area contributed by atoms with Crippen LogP contribution in [0, 0.1) is 5.92 Å². The van der Waals surface area contributed by atoms with Crippen molar-refractivity contribution in [1.82, 2.24) is 10.3 Å². The smallest absolute Gasteiger partial charge is 0.213 e. The molecule has 1 aromatic rings. The molecule has 2 N–H and O–H groups in total. The molecule has 1 fully saturated rings. The molecule has 1 aromatic heterocycles. The Hall–Kier alpha value is -1.13. The lowest BCUT2D eigenvalue weighted by Crippen LogP contribution is -2.40. The molecule has 2 unspecified atom stereocenters. The first-order valence-corrected chi connectivity index (χ1v) is 5.68. The molecule has 4 heteroatoms. The number of methoxy groups -OCH3 is 1. The second kappa shape index (κ2) is 5.27. The Bertz CT molecular complexity index is 344. The quantitative estimate of drug-likeness (QED) is 0.786. The van der Waals surface area contributed by atoms with Crippen molar-refractivity contribution >= 4 is 0 Å². The van der Waals surface area contributed by atoms with Crippen molar-refractivity contribution in [3.05, 3.63) is 23.9 Å². The molecule has 0 bridgehead atoms. The first-order valence-electron chi connectivity index (χ1n) is 5.68. The van der Waals surface area contributed by atoms with Gasteiger partial charge < -0.3 is 15.2 Å². The lowest BCUT2D eigenvalue weighted by Gasteiger charge is -2.28. The van der Waals surface area contributed by atoms with E-state index < -0.39 is 0 Å². The summed E-state index contributed by atoms with van der Waals surface area (Å²) in [5, 5.41) is 13.2. The molecule has 1 aliphatic rings. The third-order valence-corrected chi connectivity index (χ3v) is 3.03. The molecule has 1 aliphatic heterocycles. The molecule has 0 aliphatic carbocycles. The molecule has 4 nitrogen and oxygen atoms in total. The summed E-state index contributed by atoms with van der Waals surface area (Å²) >= 11 is 0. The van der Waals surface area contributed by atoms with E-state index in [2.05, 4.69) is 10.3 Å². The zero-order chi connectivity index (χ0) is 11.4. The molecular formula is C12H18N2O2. The van der Waals surface area contributed by atoms with Gasteiger partial charge in [0.2, 0.25) is 5.88 Å². The van der Waals surface area contributed by atoms with E-state index in [-0.39, 0.29) is 12.0 Å². The van der Waals surface area contributed by atoms with Crippen LogP contribution >= 0.6 is 0 Å². The molecule has 0 amide bonds. The van der Waals surface area contributed by atoms with E-state index in [1.54, 1.807) is 7.11 Å². The molecule has 2 rings (SSSR count). The first kappa shape index (κ1) is 11.4. The number of aliphatic hydroxyl groups is 1. The van der Waals surface area contributed by atoms with Gasteiger partial charge in [-0.25, -0.2) is 4.98 Å². The lowest BCUT2D eigenvalue weighted by atomic mass is 9.91. The minimum Gasteiger partial charge on any atom is -0.481 e. The number of hydrogen-bond donors (Lipinski definition) is 2. The minimum absolute atomic E-state index is 0.214. The maximum Gasteiger partial charge on any atom is 0.213 e. The minimum atomic E-state index is -0.214. The normalized spacial score (nSPS) is 25.4. The third-order valence-electron chi connectivity index (χ3n) is 3.03. The van der Waals surface area contributed by atoms with E-state index in [4.69, 9.17) is 4.74 Å². The highest BCUT2D eigenvalue weighted by atomic mass is 16.5. The van der Waals surface area contributed by atoms with Crippen LogP contribution < -0.4 is 10.1 Å². The van der Waals surface area contributed by atoms with Gasteiger partial charge in [-0.2, -0.15) is 0 Å². The molecule has 16 heavy (non-hydrogen) atoms. The number of hydrogen-bond acceptors (Lipinski definition) is 4. The number of aromatic nitrogens is 1. The summed E-state index contributed by atoms with van der Waals surface area (Å²) in [6, 6.07) is 5.74. The number of piperidine rings is 1. The number of nitrogens with one attached hydrogen (secondary N) is 1. The highest BCUT2D eigenvalue weighted by Crippen LogP contribution is 2.17. The van der Waals surface area contributed by atoms with Crippen LogP contribution in [0.5, 0.6) is 5.88 Å². The van der Waals surface area contributed by atoms with E-state index in [9.17, 15) is 5.11 Å². The summed E-state index contributed by atoms with van der Waals surface area (Å²) in [5.41, 5.74) is 0.979. The van der Waals surface area contributed by atoms with Gasteiger partial charge in [0.05, 0.1) is 13.2 Å². The van der Waals surface area contributed by atoms with Crippen LogP contribution in [0.25, 0.3) is 0 Å². The van der Waals surface area contributed by atoms with Crippen LogP contribution in [0.2, 0.25) is 0 Å². The van der Waals surface area contributed by atoms with Crippen LogP contribution in [0.4, 0.5) is 0 Å². The molecule has 0 aromatic carbocycles. The second-order valence-electron chi connectivity index (χ2n) is 4.20. The van der Waals surface area contributed by atoms with Crippen molar-refractivity contribution in [2.45, 2.75) is 18.9 Å². The van der Waals surface area contributed by atoms with Gasteiger partial charge in [0.1, 0.15) is 0 Å². The SMILES string of the molecule is COc1cccc(CC2CNCCC2O)n1. The molecule has 0 spiro atoms. The van der Waals surface area contributed by atoms with Gasteiger partial charge in [-0.05, 0) is 25.5 Å². The fourth-order valence-corrected chi connectivity index (χ4v) is 2.07. The monoisotopic (exact) mass is 222 g/mol. The molecular weight excluding hydrogens is 204 g/mol. The fraction of sp³-hybridized carbons (Fsp3) is 0.583. The van der Waals surface area contributed by atoms with Gasteiger partial charge in [-0.1, -0.05) is 6.07 Å². The number of ether oxygens (including phenoxy) is 1. The molecule has 2 heterocycles. The van der Waals surface area contributed by atoms with Crippen LogP contribution in [0.15, 0.2) is 18.2 Å². The lowest BCUT2D eigenvalue weighted by molar-refractivity contribution is 0.0786. The number of aliphatic hydroxyl groups excluding tert-OH is 1. The van der Waals surface area contributed by atoms with Crippen molar-refractivity contribution < 1.29 is 9.84 Å². The highest BCUT2D eigenvalue weighted by Gasteiger charge is 2.23. The van der Waals surface area contributed by atoms with Gasteiger partial charge in [0.15, 0.2) is 0 Å². The Labute approximate surface area is 95.7 Å². The summed E-state index contributed by atoms with van der Waals surface area (Å²) in [6.07, 6.45) is 1.41. The van der Waals surface area contributed by atoms with Crippen LogP contribution in [0.3, 0.4) is 0 Å². The van der Waals surface area contributed by atoms with Crippen molar-refractivity contribution in [2.75, 3.05) is 20.2 Å². The molecule has 0 radical (unpaired) electrons. The maximum atomic E-state index is 9.86. The Morgan fingerprint density at radius 1 is 1.56 bits per heavy atom. The summed E-state index contributed by atoms with van der Waals surface area (Å²) in [6.45, 7) is 1.77. The average molecular weight is 222 g/mol. The van der Waals surface area contributed by atoms with Gasteiger partial charge in [0.25, 0.3) is 0 Å². The maximum absolute atomic E-state index is 9.86. The largest absolute Gasteiger partial charge is 0.481 e. The van der Waals surface area contributed by atoms with Gasteiger partial charge in [-0.15, -0.1) is 0 Å². The van der Waals surface area contributed by atoms with Crippen LogP contribution in [-0.2, 0) is 6.42 Å². The van der Waals surface area contributed by atoms with Gasteiger partial charge in [0, 0.05) is 24.2 Å². The second-order valence-corrected chi connectivity index (χ2v) is 4.20. The van der Waals surface area contributed by atoms with Crippen molar-refractivity contribution in [3.8, 4) is 5.88 Å². The van der Waals surface area contributed by atoms with Crippen molar-refractivity contribution in [2.24, 2.45) is 5.92 Å². The Balaban J connectivity index is 2.01. The van der Waals surface area contributed by atoms with E-state index in [1.807, 2.05) is 18.2 Å². The number of pyridine rings is 1. The van der Waals surface area contributed by atoms with E-state index in [0.29, 0.717) is 5.88 Å². The van der Waals surface area contributed by atoms with Gasteiger partial charge in [-0.3, -0.25) is 0 Å². The molecule has 2 atom stereocenters. The van der Waals surface area contributed by atoms with Gasteiger partial charge >= 0.3 is 0 Å². The van der Waals surface area contributed by atoms with Crippen molar-refractivity contribution in [3.63, 3.8) is 0 Å². The zero-order valence-electron chi connectivity index (χ0n) is 9.52. The Morgan fingerprint density at radius 3 is 3.19 bits per heavy atom. The highest BCUT2D eigenvalue weighted by molar-refractivity contribution is 5.16. The van der Waals surface area contributed by atoms with E-state index >= 15 is 0 Å². The summed E-state index contributed by atoms with van der Waals surface area (Å²) < 4.78 is 5.08. The zero-order valence-corrected chi connectivity index (χ0v) is 9.52. The Kier molecular flexibility index (Phi) is 3.74. The number of nitrogens with zero attached hydrogens (tertiary/aromatic N) is 1. The standard InChI is InChI=1S/C12H18N2O2/c1-16-12-4-2-3-10(14-12)7-9-8-13-6-5-11(9)15/h2-4,9,11,13,15H,5-8H2,1H3. The molecule has 0 saturated carbocycles. The summed E-state index contributed by atoms with van der Waals surface area (Å²) in [4.78, 5) is 4.36. The predicted molar refractivity (Wildman–Crippen MR) is 61.5 cm³/mol. The summed E-state index contributed by atoms with van der Waals surface area (Å²) in [7, 11) is 1.61. The topological polar surface area (TPSA) is 54.4 Å². The molecule has 1 saturated heterocycles. The van der Waals surface area contributed by atoms with Crippen LogP contribution in [-0.4, -0.2) is 36.4 Å². The Morgan fingerprint density at radius 2 is 2.44 bits per heavy atom. The predicted octanol–water partition coefficient (Wildman–Crippen LogP) is 0.603. The first-order chi connectivity index (χ1) is 7.79. The third kappa shape index (κ3) is 2.71. The molecule has 88 valence electrons. The fourth-order valence-electron chi connectivity index (χ4n) is 2.07. The summed E-state index contributed by atoms with van der Waals surface area (Å²) in [5.74, 6) is 0.893. The van der Waals surface area contributed by atoms with Crippen LogP contribution in [0.1, 0.15) is 12.1 Å². The number of rotatable bonds is 3. The van der Waals surface area contributed by atoms with Crippen molar-refractivity contribution in [1.29, 1.82) is 0 Å². The van der Waals surface area contributed by atoms with E-state index in [1.165, 1.54) is 0 Å².